The van der Waals surface area contributed by atoms with E-state index >= 15 is 0 Å². The van der Waals surface area contributed by atoms with Crippen LogP contribution in [0.1, 0.15) is 89.2 Å². The van der Waals surface area contributed by atoms with Crippen LogP contribution in [-0.2, 0) is 0 Å². The number of halogens is 4. The van der Waals surface area contributed by atoms with Gasteiger partial charge < -0.3 is 0 Å². The summed E-state index contributed by atoms with van der Waals surface area (Å²) in [6.45, 7) is 4.50. The molecule has 32 heavy (non-hydrogen) atoms. The Bertz CT molecular complexity index is 801. The highest BCUT2D eigenvalue weighted by atomic mass is 79.9. The lowest BCUT2D eigenvalue weighted by Crippen LogP contribution is -1.86. The van der Waals surface area contributed by atoms with Crippen LogP contribution < -0.4 is 0 Å². The molecule has 2 aromatic carbocycles. The van der Waals surface area contributed by atoms with E-state index in [9.17, 15) is 0 Å². The molecule has 0 fully saturated rings. The first-order valence-electron chi connectivity index (χ1n) is 11.8. The zero-order valence-electron chi connectivity index (χ0n) is 19.2. The zero-order chi connectivity index (χ0) is 23.3. The smallest absolute Gasteiger partial charge is 0.0348 e. The topological polar surface area (TPSA) is 0 Å². The molecule has 2 aromatic rings. The molecule has 0 aliphatic rings. The van der Waals surface area contributed by atoms with Crippen LogP contribution >= 0.6 is 63.7 Å². The summed E-state index contributed by atoms with van der Waals surface area (Å²) in [4.78, 5) is 0. The quantitative estimate of drug-likeness (QED) is 0.184. The summed E-state index contributed by atoms with van der Waals surface area (Å²) in [5.74, 6) is 0. The van der Waals surface area contributed by atoms with Gasteiger partial charge in [0.2, 0.25) is 0 Å². The van der Waals surface area contributed by atoms with Gasteiger partial charge in [-0.1, -0.05) is 133 Å². The van der Waals surface area contributed by atoms with Gasteiger partial charge in [0, 0.05) is 17.9 Å². The number of allylic oxidation sites excluding steroid dienone is 2. The molecule has 0 aromatic heterocycles. The van der Waals surface area contributed by atoms with E-state index in [1.165, 1.54) is 82.6 Å². The highest BCUT2D eigenvalue weighted by Crippen LogP contribution is 2.35. The Hall–Kier alpha value is -0.160. The molecule has 0 radical (unpaired) electrons. The van der Waals surface area contributed by atoms with E-state index in [0.717, 1.165) is 21.8 Å². The second-order valence-electron chi connectivity index (χ2n) is 8.21. The summed E-state index contributed by atoms with van der Waals surface area (Å²) in [5.41, 5.74) is 4.90. The molecule has 0 saturated heterocycles. The molecule has 0 N–H and O–H groups in total. The van der Waals surface area contributed by atoms with Gasteiger partial charge in [0.1, 0.15) is 0 Å². The van der Waals surface area contributed by atoms with Gasteiger partial charge >= 0.3 is 0 Å². The Morgan fingerprint density at radius 1 is 0.500 bits per heavy atom. The lowest BCUT2D eigenvalue weighted by atomic mass is 10.0. The SMILES string of the molecule is CCCCCC/C(Br)=C(\Br)c1ccc(-c2ccc(/C(Br)=C(\Br)CCCCCC)cc2)cc1. The Kier molecular flexibility index (Phi) is 13.8. The van der Waals surface area contributed by atoms with Crippen molar-refractivity contribution in [2.75, 3.05) is 0 Å². The largest absolute Gasteiger partial charge is 0.0654 e. The standard InChI is InChI=1S/C28H34Br4/c1-3-5-7-9-11-25(29)27(31)23-17-13-21(14-18-23)22-15-19-24(20-16-22)28(32)26(30)12-10-8-6-4-2/h13-20H,3-12H2,1-2H3/b27-25+,28-26+. The molecular formula is C28H34Br4. The Morgan fingerprint density at radius 2 is 0.844 bits per heavy atom. The summed E-state index contributed by atoms with van der Waals surface area (Å²) in [7, 11) is 0. The first-order valence-corrected chi connectivity index (χ1v) is 14.9. The lowest BCUT2D eigenvalue weighted by Gasteiger charge is -2.09. The van der Waals surface area contributed by atoms with Crippen molar-refractivity contribution in [3.8, 4) is 11.1 Å². The van der Waals surface area contributed by atoms with Crippen LogP contribution in [0, 0.1) is 0 Å². The normalized spacial score (nSPS) is 13.1. The van der Waals surface area contributed by atoms with E-state index in [4.69, 9.17) is 0 Å². The first kappa shape index (κ1) is 28.1. The molecule has 0 bridgehead atoms. The van der Waals surface area contributed by atoms with E-state index in [1.807, 2.05) is 0 Å². The molecule has 0 amide bonds. The van der Waals surface area contributed by atoms with Crippen molar-refractivity contribution in [2.45, 2.75) is 78.1 Å². The van der Waals surface area contributed by atoms with Crippen LogP contribution in [-0.4, -0.2) is 0 Å². The summed E-state index contributed by atoms with van der Waals surface area (Å²) < 4.78 is 4.83. The van der Waals surface area contributed by atoms with Gasteiger partial charge in [0.15, 0.2) is 0 Å². The summed E-state index contributed by atoms with van der Waals surface area (Å²) in [6.07, 6.45) is 12.4. The minimum Gasteiger partial charge on any atom is -0.0654 e. The summed E-state index contributed by atoms with van der Waals surface area (Å²) >= 11 is 15.1. The second kappa shape index (κ2) is 15.7. The number of hydrogen-bond donors (Lipinski definition) is 0. The predicted molar refractivity (Wildman–Crippen MR) is 159 cm³/mol. The summed E-state index contributed by atoms with van der Waals surface area (Å²) in [5, 5.41) is 0. The van der Waals surface area contributed by atoms with Crippen molar-refractivity contribution in [1.29, 1.82) is 0 Å². The van der Waals surface area contributed by atoms with Crippen molar-refractivity contribution in [2.24, 2.45) is 0 Å². The third-order valence-electron chi connectivity index (χ3n) is 5.59. The number of rotatable bonds is 13. The zero-order valence-corrected chi connectivity index (χ0v) is 25.5. The minimum atomic E-state index is 1.08. The van der Waals surface area contributed by atoms with Crippen LogP contribution in [0.15, 0.2) is 57.5 Å². The van der Waals surface area contributed by atoms with Gasteiger partial charge in [-0.15, -0.1) is 0 Å². The Balaban J connectivity index is 2.04. The number of hydrogen-bond acceptors (Lipinski definition) is 0. The number of benzene rings is 2. The van der Waals surface area contributed by atoms with Crippen molar-refractivity contribution in [3.05, 3.63) is 68.6 Å². The second-order valence-corrected chi connectivity index (χ2v) is 11.7. The fraction of sp³-hybridized carbons (Fsp3) is 0.429. The molecular weight excluding hydrogens is 656 g/mol. The van der Waals surface area contributed by atoms with Crippen molar-refractivity contribution < 1.29 is 0 Å². The molecule has 0 saturated carbocycles. The summed E-state index contributed by atoms with van der Waals surface area (Å²) in [6, 6.07) is 17.6. The lowest BCUT2D eigenvalue weighted by molar-refractivity contribution is 0.673. The van der Waals surface area contributed by atoms with Crippen LogP contribution in [0.5, 0.6) is 0 Å². The van der Waals surface area contributed by atoms with Gasteiger partial charge in [-0.2, -0.15) is 0 Å². The molecule has 0 unspecified atom stereocenters. The average Bonchev–Trinajstić information content (AvgIpc) is 2.83. The molecule has 0 nitrogen and oxygen atoms in total. The molecule has 0 aliphatic carbocycles. The number of unbranched alkanes of at least 4 members (excludes halogenated alkanes) is 6. The van der Waals surface area contributed by atoms with Gasteiger partial charge in [0.05, 0.1) is 0 Å². The highest BCUT2D eigenvalue weighted by molar-refractivity contribution is 9.17. The molecule has 174 valence electrons. The van der Waals surface area contributed by atoms with E-state index in [-0.39, 0.29) is 0 Å². The van der Waals surface area contributed by atoms with Crippen molar-refractivity contribution in [1.82, 2.24) is 0 Å². The molecule has 0 heterocycles. The Morgan fingerprint density at radius 3 is 1.16 bits per heavy atom. The van der Waals surface area contributed by atoms with E-state index < -0.39 is 0 Å². The highest BCUT2D eigenvalue weighted by Gasteiger charge is 2.08. The van der Waals surface area contributed by atoms with E-state index in [2.05, 4.69) is 126 Å². The van der Waals surface area contributed by atoms with Crippen LogP contribution in [0.2, 0.25) is 0 Å². The third kappa shape index (κ3) is 9.24. The maximum absolute atomic E-state index is 3.78. The first-order chi connectivity index (χ1) is 15.5. The van der Waals surface area contributed by atoms with Crippen LogP contribution in [0.4, 0.5) is 0 Å². The van der Waals surface area contributed by atoms with Gasteiger partial charge in [-0.05, 0) is 79.8 Å². The molecule has 0 aliphatic heterocycles. The predicted octanol–water partition coefficient (Wildman–Crippen LogP) is 12.2. The molecule has 2 rings (SSSR count). The molecule has 0 spiro atoms. The van der Waals surface area contributed by atoms with Crippen LogP contribution in [0.25, 0.3) is 20.1 Å². The van der Waals surface area contributed by atoms with Gasteiger partial charge in [0.25, 0.3) is 0 Å². The third-order valence-corrected chi connectivity index (χ3v) is 10.1. The van der Waals surface area contributed by atoms with Gasteiger partial charge in [-0.25, -0.2) is 0 Å². The molecule has 4 heteroatoms. The monoisotopic (exact) mass is 686 g/mol. The molecule has 0 atom stereocenters. The van der Waals surface area contributed by atoms with E-state index in [1.54, 1.807) is 0 Å². The minimum absolute atomic E-state index is 1.08. The maximum atomic E-state index is 3.78. The van der Waals surface area contributed by atoms with Crippen LogP contribution in [0.3, 0.4) is 0 Å². The van der Waals surface area contributed by atoms with Crippen molar-refractivity contribution in [3.63, 3.8) is 0 Å². The average molecular weight is 690 g/mol. The Labute approximate surface area is 228 Å². The van der Waals surface area contributed by atoms with Crippen molar-refractivity contribution >= 4 is 72.7 Å². The fourth-order valence-corrected chi connectivity index (χ4v) is 5.51. The van der Waals surface area contributed by atoms with E-state index in [0.29, 0.717) is 0 Å². The van der Waals surface area contributed by atoms with Gasteiger partial charge in [-0.3, -0.25) is 0 Å². The fourth-order valence-electron chi connectivity index (χ4n) is 3.56. The maximum Gasteiger partial charge on any atom is 0.0348 e.